The first-order valence-corrected chi connectivity index (χ1v) is 10.5. The zero-order chi connectivity index (χ0) is 21.2. The Labute approximate surface area is 182 Å². The molecule has 0 atom stereocenters. The van der Waals surface area contributed by atoms with Gasteiger partial charge in [-0.25, -0.2) is 9.99 Å². The standard InChI is InChI=1S/C20H15BrClF3N4O/c21-14-7-10(19(30)29-12-3-5-28(29)6-4-12)1-2-13(14)18-26-16-9-11(20(23,24)25)8-15(22)17(16)27-18/h1-2,7-9,12H,3-6H2,(H,26,27). The van der Waals surface area contributed by atoms with Crippen LogP contribution in [0, 0.1) is 0 Å². The molecule has 2 bridgehead atoms. The van der Waals surface area contributed by atoms with Crippen LogP contribution in [0.25, 0.3) is 22.4 Å². The molecule has 2 saturated heterocycles. The van der Waals surface area contributed by atoms with Crippen molar-refractivity contribution in [1.82, 2.24) is 20.0 Å². The molecule has 2 aliphatic heterocycles. The fourth-order valence-electron chi connectivity index (χ4n) is 4.18. The lowest BCUT2D eigenvalue weighted by Crippen LogP contribution is -2.38. The van der Waals surface area contributed by atoms with Crippen LogP contribution in [-0.2, 0) is 6.18 Å². The largest absolute Gasteiger partial charge is 0.416 e. The Bertz CT molecular complexity index is 1160. The summed E-state index contributed by atoms with van der Waals surface area (Å²) in [6.07, 6.45) is -2.52. The van der Waals surface area contributed by atoms with Gasteiger partial charge in [0.25, 0.3) is 5.91 Å². The zero-order valence-corrected chi connectivity index (χ0v) is 17.8. The number of H-pyrrole nitrogens is 1. The first-order chi connectivity index (χ1) is 14.2. The summed E-state index contributed by atoms with van der Waals surface area (Å²) in [4.78, 5) is 20.2. The summed E-state index contributed by atoms with van der Waals surface area (Å²) in [5, 5.41) is 3.83. The van der Waals surface area contributed by atoms with Gasteiger partial charge in [0, 0.05) is 28.7 Å². The van der Waals surface area contributed by atoms with Crippen LogP contribution in [0.4, 0.5) is 13.2 Å². The third-order valence-electron chi connectivity index (χ3n) is 5.64. The summed E-state index contributed by atoms with van der Waals surface area (Å²) in [6, 6.07) is 7.26. The number of fused-ring (bicyclic) bond motifs is 3. The minimum atomic E-state index is -4.50. The van der Waals surface area contributed by atoms with Crippen LogP contribution in [0.5, 0.6) is 0 Å². The van der Waals surface area contributed by atoms with Crippen LogP contribution in [0.15, 0.2) is 34.8 Å². The molecule has 1 aromatic heterocycles. The minimum Gasteiger partial charge on any atom is -0.338 e. The van der Waals surface area contributed by atoms with Crippen molar-refractivity contribution in [2.45, 2.75) is 25.1 Å². The number of hydrogen-bond donors (Lipinski definition) is 1. The van der Waals surface area contributed by atoms with Crippen LogP contribution in [-0.4, -0.2) is 45.0 Å². The van der Waals surface area contributed by atoms with Crippen molar-refractivity contribution in [3.63, 3.8) is 0 Å². The Balaban J connectivity index is 1.49. The molecule has 0 aliphatic carbocycles. The second kappa shape index (κ2) is 6.96. The van der Waals surface area contributed by atoms with E-state index in [9.17, 15) is 18.0 Å². The second-order valence-electron chi connectivity index (χ2n) is 7.47. The van der Waals surface area contributed by atoms with Crippen molar-refractivity contribution in [2.75, 3.05) is 13.1 Å². The summed E-state index contributed by atoms with van der Waals surface area (Å²) in [5.74, 6) is 0.312. The smallest absolute Gasteiger partial charge is 0.338 e. The number of nitrogens with one attached hydrogen (secondary N) is 1. The maximum absolute atomic E-state index is 13.1. The van der Waals surface area contributed by atoms with Crippen molar-refractivity contribution in [3.05, 3.63) is 51.0 Å². The highest BCUT2D eigenvalue weighted by atomic mass is 79.9. The molecule has 0 spiro atoms. The van der Waals surface area contributed by atoms with E-state index >= 15 is 0 Å². The predicted octanol–water partition coefficient (Wildman–Crippen LogP) is 5.50. The number of aromatic nitrogens is 2. The molecule has 0 unspecified atom stereocenters. The molecule has 2 aliphatic rings. The summed E-state index contributed by atoms with van der Waals surface area (Å²) >= 11 is 9.50. The van der Waals surface area contributed by atoms with Gasteiger partial charge < -0.3 is 4.98 Å². The van der Waals surface area contributed by atoms with Crippen molar-refractivity contribution in [2.24, 2.45) is 0 Å². The van der Waals surface area contributed by atoms with Gasteiger partial charge in [-0.05, 0) is 43.2 Å². The quantitative estimate of drug-likeness (QED) is 0.507. The summed E-state index contributed by atoms with van der Waals surface area (Å²) in [7, 11) is 0. The number of piperidine rings is 1. The van der Waals surface area contributed by atoms with E-state index in [2.05, 4.69) is 30.9 Å². The number of aromatic amines is 1. The van der Waals surface area contributed by atoms with E-state index in [1.165, 1.54) is 0 Å². The first kappa shape index (κ1) is 19.8. The number of amides is 1. The van der Waals surface area contributed by atoms with Gasteiger partial charge in [0.2, 0.25) is 0 Å². The highest BCUT2D eigenvalue weighted by molar-refractivity contribution is 9.10. The molecule has 156 valence electrons. The average Bonchev–Trinajstić information content (AvgIpc) is 3.40. The van der Waals surface area contributed by atoms with Crippen molar-refractivity contribution >= 4 is 44.5 Å². The third kappa shape index (κ3) is 3.19. The molecule has 3 aromatic rings. The van der Waals surface area contributed by atoms with Gasteiger partial charge in [-0.1, -0.05) is 27.5 Å². The number of carbonyl (C=O) groups is 1. The van der Waals surface area contributed by atoms with Crippen LogP contribution < -0.4 is 0 Å². The van der Waals surface area contributed by atoms with E-state index in [4.69, 9.17) is 11.6 Å². The molecule has 0 radical (unpaired) electrons. The van der Waals surface area contributed by atoms with Crippen LogP contribution in [0.2, 0.25) is 5.02 Å². The lowest BCUT2D eigenvalue weighted by Gasteiger charge is -2.23. The molecule has 1 amide bonds. The number of alkyl halides is 3. The molecule has 5 rings (SSSR count). The van der Waals surface area contributed by atoms with E-state index in [0.717, 1.165) is 38.1 Å². The first-order valence-electron chi connectivity index (χ1n) is 9.37. The van der Waals surface area contributed by atoms with E-state index in [0.29, 0.717) is 21.4 Å². The maximum Gasteiger partial charge on any atom is 0.416 e. The predicted molar refractivity (Wildman–Crippen MR) is 110 cm³/mol. The molecule has 30 heavy (non-hydrogen) atoms. The van der Waals surface area contributed by atoms with Crippen LogP contribution in [0.1, 0.15) is 28.8 Å². The van der Waals surface area contributed by atoms with Crippen molar-refractivity contribution < 1.29 is 18.0 Å². The molecular formula is C20H15BrClF3N4O. The lowest BCUT2D eigenvalue weighted by atomic mass is 10.1. The Kier molecular flexibility index (Phi) is 4.61. The maximum atomic E-state index is 13.1. The topological polar surface area (TPSA) is 52.2 Å². The molecule has 3 heterocycles. The molecule has 1 N–H and O–H groups in total. The minimum absolute atomic E-state index is 0.0512. The number of nitrogens with zero attached hydrogens (tertiary/aromatic N) is 3. The average molecular weight is 500 g/mol. The Hall–Kier alpha value is -2.10. The van der Waals surface area contributed by atoms with Gasteiger partial charge in [0.1, 0.15) is 11.3 Å². The molecule has 5 nitrogen and oxygen atoms in total. The van der Waals surface area contributed by atoms with Crippen molar-refractivity contribution in [3.8, 4) is 11.4 Å². The number of carbonyl (C=O) groups excluding carboxylic acids is 1. The van der Waals surface area contributed by atoms with E-state index < -0.39 is 11.7 Å². The number of halogens is 5. The summed E-state index contributed by atoms with van der Waals surface area (Å²) in [6.45, 7) is 1.80. The van der Waals surface area contributed by atoms with Gasteiger partial charge in [-0.2, -0.15) is 13.2 Å². The van der Waals surface area contributed by atoms with E-state index in [1.807, 2.05) is 5.01 Å². The van der Waals surface area contributed by atoms with Gasteiger partial charge in [0.05, 0.1) is 22.1 Å². The second-order valence-corrected chi connectivity index (χ2v) is 8.73. The van der Waals surface area contributed by atoms with Gasteiger partial charge >= 0.3 is 6.18 Å². The SMILES string of the molecule is O=C(c1ccc(-c2nc3c(Cl)cc(C(F)(F)F)cc3[nH]2)c(Br)c1)N1C2CCN1CC2. The lowest BCUT2D eigenvalue weighted by molar-refractivity contribution is -0.137. The molecule has 2 fully saturated rings. The Morgan fingerprint density at radius 3 is 2.53 bits per heavy atom. The van der Waals surface area contributed by atoms with Crippen LogP contribution in [0.3, 0.4) is 0 Å². The fraction of sp³-hybridized carbons (Fsp3) is 0.300. The van der Waals surface area contributed by atoms with Gasteiger partial charge in [0.15, 0.2) is 0 Å². The summed E-state index contributed by atoms with van der Waals surface area (Å²) in [5.41, 5.74) is 0.770. The highest BCUT2D eigenvalue weighted by Crippen LogP contribution is 2.37. The normalized spacial score (nSPS) is 21.0. The number of benzene rings is 2. The summed E-state index contributed by atoms with van der Waals surface area (Å²) < 4.78 is 39.8. The van der Waals surface area contributed by atoms with Crippen molar-refractivity contribution in [1.29, 1.82) is 0 Å². The Morgan fingerprint density at radius 2 is 1.93 bits per heavy atom. The van der Waals surface area contributed by atoms with Gasteiger partial charge in [-0.15, -0.1) is 0 Å². The highest BCUT2D eigenvalue weighted by Gasteiger charge is 2.41. The monoisotopic (exact) mass is 498 g/mol. The number of hydrazine groups is 1. The molecule has 2 aromatic carbocycles. The van der Waals surface area contributed by atoms with Gasteiger partial charge in [-0.3, -0.25) is 9.80 Å². The Morgan fingerprint density at radius 1 is 1.20 bits per heavy atom. The van der Waals surface area contributed by atoms with E-state index in [-0.39, 0.29) is 28.0 Å². The third-order valence-corrected chi connectivity index (χ3v) is 6.58. The van der Waals surface area contributed by atoms with E-state index in [1.54, 1.807) is 18.2 Å². The zero-order valence-electron chi connectivity index (χ0n) is 15.4. The molecular weight excluding hydrogens is 485 g/mol. The number of rotatable bonds is 2. The number of imidazole rings is 1. The number of hydrogen-bond acceptors (Lipinski definition) is 3. The molecule has 0 saturated carbocycles. The van der Waals surface area contributed by atoms with Crippen LogP contribution >= 0.6 is 27.5 Å². The fourth-order valence-corrected chi connectivity index (χ4v) is 5.00. The molecule has 10 heteroatoms.